The average molecular weight is 322 g/mol. The van der Waals surface area contributed by atoms with E-state index in [0.29, 0.717) is 5.13 Å². The van der Waals surface area contributed by atoms with E-state index in [2.05, 4.69) is 10.3 Å². The molecular weight excluding hydrogens is 304 g/mol. The molecule has 0 radical (unpaired) electrons. The fourth-order valence-electron chi connectivity index (χ4n) is 1.85. The van der Waals surface area contributed by atoms with E-state index in [1.54, 1.807) is 0 Å². The number of rotatable bonds is 6. The summed E-state index contributed by atoms with van der Waals surface area (Å²) in [7, 11) is 0. The van der Waals surface area contributed by atoms with Crippen LogP contribution in [0.15, 0.2) is 24.3 Å². The number of Topliss-reactive ketones (excluding diaryl/α,β-unsaturated/α-hetero) is 1. The highest BCUT2D eigenvalue weighted by Crippen LogP contribution is 2.26. The highest BCUT2D eigenvalue weighted by molar-refractivity contribution is 8.01. The third-order valence-electron chi connectivity index (χ3n) is 2.92. The molecule has 1 unspecified atom stereocenters. The molecule has 1 heterocycles. The smallest absolute Gasteiger partial charge is 0.246 e. The van der Waals surface area contributed by atoms with Gasteiger partial charge in [0.1, 0.15) is 5.25 Å². The zero-order valence-corrected chi connectivity index (χ0v) is 13.9. The number of hydrogen-bond donors (Lipinski definition) is 1. The largest absolute Gasteiger partial charge is 0.301 e. The van der Waals surface area contributed by atoms with Crippen LogP contribution in [0.2, 0.25) is 0 Å². The number of ketones is 1. The van der Waals surface area contributed by atoms with Crippen LogP contribution >= 0.6 is 23.1 Å². The second kappa shape index (κ2) is 7.04. The van der Waals surface area contributed by atoms with E-state index in [-0.39, 0.29) is 17.6 Å². The molecule has 1 amide bonds. The van der Waals surface area contributed by atoms with Crippen LogP contribution in [0.3, 0.4) is 0 Å². The molecule has 1 N–H and O–H groups in total. The maximum absolute atomic E-state index is 12.3. The van der Waals surface area contributed by atoms with E-state index in [0.717, 1.165) is 16.0 Å². The molecule has 0 bridgehead atoms. The summed E-state index contributed by atoms with van der Waals surface area (Å²) in [4.78, 5) is 28.8. The molecule has 0 aliphatic carbocycles. The predicted octanol–water partition coefficient (Wildman–Crippen LogP) is 3.58. The molecule has 0 aliphatic rings. The van der Waals surface area contributed by atoms with Gasteiger partial charge in [-0.15, -0.1) is 11.8 Å². The highest BCUT2D eigenvalue weighted by Gasteiger charge is 2.28. The molecule has 21 heavy (non-hydrogen) atoms. The lowest BCUT2D eigenvalue weighted by atomic mass is 10.1. The first-order chi connectivity index (χ1) is 10.0. The molecule has 0 spiro atoms. The number of thiazole rings is 1. The maximum atomic E-state index is 12.3. The van der Waals surface area contributed by atoms with Crippen molar-refractivity contribution in [3.63, 3.8) is 0 Å². The molecule has 0 aliphatic heterocycles. The van der Waals surface area contributed by atoms with Gasteiger partial charge in [0.15, 0.2) is 10.9 Å². The van der Waals surface area contributed by atoms with Gasteiger partial charge in [-0.3, -0.25) is 9.59 Å². The van der Waals surface area contributed by atoms with Crippen molar-refractivity contribution in [1.82, 2.24) is 4.98 Å². The number of hydrogen-bond acceptors (Lipinski definition) is 5. The Labute approximate surface area is 132 Å². The molecule has 0 saturated heterocycles. The second-order valence-corrected chi connectivity index (χ2v) is 7.28. The van der Waals surface area contributed by atoms with Crippen LogP contribution in [0, 0.1) is 5.92 Å². The van der Waals surface area contributed by atoms with Crippen molar-refractivity contribution >= 4 is 50.1 Å². The number of fused-ring (bicyclic) bond motifs is 1. The summed E-state index contributed by atoms with van der Waals surface area (Å²) in [5.74, 6) is 0.242. The van der Waals surface area contributed by atoms with Crippen molar-refractivity contribution in [1.29, 1.82) is 0 Å². The van der Waals surface area contributed by atoms with E-state index in [9.17, 15) is 9.59 Å². The standard InChI is InChI=1S/C15H18N2O2S2/c1-4-20-13(12(18)9(2)3)14(19)17-15-16-10-7-5-6-8-11(10)21-15/h5-9,13H,4H2,1-3H3,(H,16,17,19). The average Bonchev–Trinajstić information content (AvgIpc) is 2.85. The summed E-state index contributed by atoms with van der Waals surface area (Å²) in [5.41, 5.74) is 0.854. The highest BCUT2D eigenvalue weighted by atomic mass is 32.2. The number of carbonyl (C=O) groups is 2. The normalized spacial score (nSPS) is 12.6. The number of benzene rings is 1. The molecule has 1 aromatic carbocycles. The number of amides is 1. The first-order valence-corrected chi connectivity index (χ1v) is 8.71. The van der Waals surface area contributed by atoms with Gasteiger partial charge in [-0.1, -0.05) is 44.2 Å². The molecule has 112 valence electrons. The number of nitrogens with one attached hydrogen (secondary N) is 1. The topological polar surface area (TPSA) is 59.1 Å². The minimum absolute atomic E-state index is 0.0412. The number of thioether (sulfide) groups is 1. The number of anilines is 1. The SMILES string of the molecule is CCSC(C(=O)Nc1nc2ccccc2s1)C(=O)C(C)C. The van der Waals surface area contributed by atoms with Gasteiger partial charge in [0.05, 0.1) is 10.2 Å². The van der Waals surface area contributed by atoms with Gasteiger partial charge in [0.25, 0.3) is 0 Å². The van der Waals surface area contributed by atoms with Crippen LogP contribution in [0.1, 0.15) is 20.8 Å². The summed E-state index contributed by atoms with van der Waals surface area (Å²) in [6.07, 6.45) is 0. The Balaban J connectivity index is 2.15. The fourth-order valence-corrected chi connectivity index (χ4v) is 3.70. The van der Waals surface area contributed by atoms with Crippen molar-refractivity contribution in [2.75, 3.05) is 11.1 Å². The Morgan fingerprint density at radius 1 is 1.33 bits per heavy atom. The summed E-state index contributed by atoms with van der Waals surface area (Å²) < 4.78 is 1.02. The predicted molar refractivity (Wildman–Crippen MR) is 90.0 cm³/mol. The zero-order valence-electron chi connectivity index (χ0n) is 12.3. The Bertz CT molecular complexity index is 619. The van der Waals surface area contributed by atoms with E-state index in [4.69, 9.17) is 0 Å². The lowest BCUT2D eigenvalue weighted by Gasteiger charge is -2.15. The van der Waals surface area contributed by atoms with E-state index < -0.39 is 5.25 Å². The number of aromatic nitrogens is 1. The van der Waals surface area contributed by atoms with Gasteiger partial charge in [0.2, 0.25) is 5.91 Å². The van der Waals surface area contributed by atoms with Crippen LogP contribution in [-0.2, 0) is 9.59 Å². The van der Waals surface area contributed by atoms with Gasteiger partial charge in [-0.2, -0.15) is 0 Å². The van der Waals surface area contributed by atoms with Crippen molar-refractivity contribution in [3.05, 3.63) is 24.3 Å². The van der Waals surface area contributed by atoms with Crippen LogP contribution in [-0.4, -0.2) is 27.7 Å². The van der Waals surface area contributed by atoms with Gasteiger partial charge in [-0.05, 0) is 17.9 Å². The molecule has 1 atom stereocenters. The molecule has 1 aromatic heterocycles. The third-order valence-corrected chi connectivity index (χ3v) is 4.99. The Kier molecular flexibility index (Phi) is 5.36. The Morgan fingerprint density at radius 3 is 2.67 bits per heavy atom. The van der Waals surface area contributed by atoms with Crippen LogP contribution in [0.4, 0.5) is 5.13 Å². The number of carbonyl (C=O) groups excluding carboxylic acids is 2. The van der Waals surface area contributed by atoms with Gasteiger partial charge in [0, 0.05) is 5.92 Å². The molecule has 2 aromatic rings. The van der Waals surface area contributed by atoms with Gasteiger partial charge in [-0.25, -0.2) is 4.98 Å². The zero-order chi connectivity index (χ0) is 15.4. The van der Waals surface area contributed by atoms with Crippen molar-refractivity contribution in [2.24, 2.45) is 5.92 Å². The summed E-state index contributed by atoms with van der Waals surface area (Å²) >= 11 is 2.78. The quantitative estimate of drug-likeness (QED) is 0.826. The molecule has 0 fully saturated rings. The van der Waals surface area contributed by atoms with Crippen molar-refractivity contribution in [2.45, 2.75) is 26.0 Å². The Morgan fingerprint density at radius 2 is 2.05 bits per heavy atom. The van der Waals surface area contributed by atoms with Crippen LogP contribution in [0.5, 0.6) is 0 Å². The number of para-hydroxylation sites is 1. The van der Waals surface area contributed by atoms with Crippen LogP contribution < -0.4 is 5.32 Å². The molecule has 4 nitrogen and oxygen atoms in total. The second-order valence-electron chi connectivity index (χ2n) is 4.87. The first kappa shape index (κ1) is 16.0. The van der Waals surface area contributed by atoms with Crippen LogP contribution in [0.25, 0.3) is 10.2 Å². The molecule has 6 heteroatoms. The fraction of sp³-hybridized carbons (Fsp3) is 0.400. The summed E-state index contributed by atoms with van der Waals surface area (Å²) in [6, 6.07) is 7.70. The molecular formula is C15H18N2O2S2. The molecule has 0 saturated carbocycles. The summed E-state index contributed by atoms with van der Waals surface area (Å²) in [5, 5.41) is 2.66. The number of nitrogens with zero attached hydrogens (tertiary/aromatic N) is 1. The monoisotopic (exact) mass is 322 g/mol. The maximum Gasteiger partial charge on any atom is 0.246 e. The molecule has 2 rings (SSSR count). The minimum Gasteiger partial charge on any atom is -0.301 e. The lowest BCUT2D eigenvalue weighted by molar-refractivity contribution is -0.126. The van der Waals surface area contributed by atoms with Crippen molar-refractivity contribution < 1.29 is 9.59 Å². The van der Waals surface area contributed by atoms with Gasteiger partial charge < -0.3 is 5.32 Å². The van der Waals surface area contributed by atoms with E-state index in [1.807, 2.05) is 45.0 Å². The summed E-state index contributed by atoms with van der Waals surface area (Å²) in [6.45, 7) is 5.57. The Hall–Kier alpha value is -1.40. The van der Waals surface area contributed by atoms with Gasteiger partial charge >= 0.3 is 0 Å². The third kappa shape index (κ3) is 3.83. The van der Waals surface area contributed by atoms with Crippen molar-refractivity contribution in [3.8, 4) is 0 Å². The lowest BCUT2D eigenvalue weighted by Crippen LogP contribution is -2.35. The van der Waals surface area contributed by atoms with E-state index >= 15 is 0 Å². The van der Waals surface area contributed by atoms with E-state index in [1.165, 1.54) is 23.1 Å². The first-order valence-electron chi connectivity index (χ1n) is 6.84. The minimum atomic E-state index is -0.665.